The van der Waals surface area contributed by atoms with Crippen molar-refractivity contribution in [3.05, 3.63) is 58.1 Å². The van der Waals surface area contributed by atoms with Crippen LogP contribution in [0, 0.1) is 13.8 Å². The van der Waals surface area contributed by atoms with Crippen LogP contribution in [0.4, 0.5) is 0 Å². The van der Waals surface area contributed by atoms with Crippen LogP contribution in [0.5, 0.6) is 0 Å². The third-order valence-electron chi connectivity index (χ3n) is 4.93. The van der Waals surface area contributed by atoms with Crippen LogP contribution < -0.4 is 9.13 Å². The second-order valence-electron chi connectivity index (χ2n) is 7.26. The molecular weight excluding hydrogens is 683 g/mol. The fourth-order valence-electron chi connectivity index (χ4n) is 3.08. The highest BCUT2D eigenvalue weighted by atomic mass is 79.9. The Morgan fingerprint density at radius 1 is 0.567 bits per heavy atom. The first kappa shape index (κ1) is 35.4. The summed E-state index contributed by atoms with van der Waals surface area (Å²) in [6.07, 6.45) is 18.8. The van der Waals surface area contributed by atoms with Crippen molar-refractivity contribution in [3.63, 3.8) is 0 Å². The molecule has 2 aromatic rings. The lowest BCUT2D eigenvalue weighted by Crippen LogP contribution is -2.32. The van der Waals surface area contributed by atoms with E-state index in [1.807, 2.05) is 26.2 Å². The maximum Gasteiger partial charge on any atom is 0.187 e. The van der Waals surface area contributed by atoms with Gasteiger partial charge >= 0.3 is 0 Å². The molecule has 0 atom stereocenters. The first-order chi connectivity index (χ1) is 12.6. The van der Waals surface area contributed by atoms with Gasteiger partial charge < -0.3 is 0 Å². The van der Waals surface area contributed by atoms with Crippen LogP contribution in [-0.4, -0.2) is 0 Å². The van der Waals surface area contributed by atoms with Crippen molar-refractivity contribution in [1.29, 1.82) is 0 Å². The van der Waals surface area contributed by atoms with E-state index in [2.05, 4.69) is 33.7 Å². The van der Waals surface area contributed by atoms with Gasteiger partial charge in [-0.3, -0.25) is 0 Å². The van der Waals surface area contributed by atoms with Gasteiger partial charge in [0.15, 0.2) is 24.8 Å². The molecule has 0 aliphatic heterocycles. The molecule has 30 heavy (non-hydrogen) atoms. The van der Waals surface area contributed by atoms with Gasteiger partial charge in [0, 0.05) is 25.0 Å². The summed E-state index contributed by atoms with van der Waals surface area (Å²) in [5, 5.41) is 1.72. The van der Waals surface area contributed by atoms with E-state index in [0.717, 1.165) is 34.3 Å². The average molecular weight is 719 g/mol. The van der Waals surface area contributed by atoms with Crippen LogP contribution in [0.3, 0.4) is 0 Å². The minimum atomic E-state index is 0. The Morgan fingerprint density at radius 3 is 1.17 bits per heavy atom. The van der Waals surface area contributed by atoms with Gasteiger partial charge in [-0.05, 0) is 37.8 Å². The predicted octanol–water partition coefficient (Wildman–Crippen LogP) is 8.32. The number of aromatic nitrogens is 2. The molecule has 0 aliphatic rings. The van der Waals surface area contributed by atoms with Crippen LogP contribution >= 0.6 is 91.1 Å². The summed E-state index contributed by atoms with van der Waals surface area (Å²) in [7, 11) is 0. The number of aryl methyl sites for hydroxylation is 4. The smallest absolute Gasteiger partial charge is 0.187 e. The molecule has 2 rings (SSSR count). The van der Waals surface area contributed by atoms with Gasteiger partial charge in [0.1, 0.15) is 23.1 Å². The minimum absolute atomic E-state index is 0. The molecule has 0 saturated carbocycles. The Bertz CT molecular complexity index is 643. The Balaban J connectivity index is -0.00000182. The maximum absolute atomic E-state index is 6.16. The second-order valence-corrected chi connectivity index (χ2v) is 8.07. The molecule has 0 saturated heterocycles. The monoisotopic (exact) mass is 714 g/mol. The van der Waals surface area contributed by atoms with Crippen molar-refractivity contribution in [2.24, 2.45) is 0 Å². The van der Waals surface area contributed by atoms with Crippen molar-refractivity contribution < 1.29 is 9.13 Å². The van der Waals surface area contributed by atoms with E-state index in [9.17, 15) is 0 Å². The SMILES string of the molecule is Br.Br.Br.Br.Cc1cc[n+](CCCCCCCCCC[n+]2ccc(C)c(Cl)c2)cc1Cl. The zero-order valence-electron chi connectivity index (χ0n) is 17.8. The quantitative estimate of drug-likeness (QED) is 0.163. The molecule has 0 bridgehead atoms. The molecule has 8 heteroatoms. The van der Waals surface area contributed by atoms with Crippen molar-refractivity contribution in [3.8, 4) is 0 Å². The zero-order chi connectivity index (χ0) is 18.8. The molecule has 0 radical (unpaired) electrons. The van der Waals surface area contributed by atoms with E-state index >= 15 is 0 Å². The number of pyridine rings is 2. The molecule has 0 unspecified atom stereocenters. The summed E-state index contributed by atoms with van der Waals surface area (Å²) < 4.78 is 4.40. The number of rotatable bonds is 11. The standard InChI is InChI=1S/C22H32Cl2N2.4BrH/c1-19-11-15-25(17-21(19)23)13-9-7-5-3-4-6-8-10-14-26-16-12-20(2)22(24)18-26;;;;/h11-12,15-18H,3-10,13-14H2,1-2H3;4*1H/q+2;;;;. The van der Waals surface area contributed by atoms with Gasteiger partial charge in [-0.1, -0.05) is 48.9 Å². The van der Waals surface area contributed by atoms with Crippen LogP contribution in [0.25, 0.3) is 0 Å². The first-order valence-electron chi connectivity index (χ1n) is 9.86. The molecule has 2 nitrogen and oxygen atoms in total. The van der Waals surface area contributed by atoms with Crippen LogP contribution in [0.15, 0.2) is 36.9 Å². The van der Waals surface area contributed by atoms with Crippen molar-refractivity contribution in [1.82, 2.24) is 0 Å². The largest absolute Gasteiger partial charge is 0.204 e. The maximum atomic E-state index is 6.16. The van der Waals surface area contributed by atoms with Gasteiger partial charge in [-0.15, -0.1) is 67.9 Å². The van der Waals surface area contributed by atoms with Gasteiger partial charge in [0.25, 0.3) is 0 Å². The van der Waals surface area contributed by atoms with Crippen LogP contribution in [0.2, 0.25) is 10.0 Å². The highest BCUT2D eigenvalue weighted by Gasteiger charge is 2.05. The number of hydrogen-bond acceptors (Lipinski definition) is 0. The molecule has 0 aliphatic carbocycles. The molecule has 2 aromatic heterocycles. The summed E-state index contributed by atoms with van der Waals surface area (Å²) in [5.74, 6) is 0. The molecule has 0 aromatic carbocycles. The fourth-order valence-corrected chi connectivity index (χ4v) is 3.46. The molecule has 0 N–H and O–H groups in total. The van der Waals surface area contributed by atoms with Gasteiger partial charge in [-0.25, -0.2) is 9.13 Å². The third-order valence-corrected chi connectivity index (χ3v) is 5.72. The fraction of sp³-hybridized carbons (Fsp3) is 0.545. The van der Waals surface area contributed by atoms with E-state index in [1.165, 1.54) is 51.4 Å². The van der Waals surface area contributed by atoms with Crippen molar-refractivity contribution >= 4 is 91.1 Å². The Hall–Kier alpha value is 0.800. The number of nitrogens with zero attached hydrogens (tertiary/aromatic N) is 2. The van der Waals surface area contributed by atoms with E-state index in [4.69, 9.17) is 23.2 Å². The van der Waals surface area contributed by atoms with Crippen molar-refractivity contribution in [2.45, 2.75) is 78.3 Å². The summed E-state index contributed by atoms with van der Waals surface area (Å²) in [5.41, 5.74) is 2.29. The van der Waals surface area contributed by atoms with E-state index in [1.54, 1.807) is 0 Å². The average Bonchev–Trinajstić information content (AvgIpc) is 2.62. The van der Waals surface area contributed by atoms with Gasteiger partial charge in [0.05, 0.1) is 0 Å². The molecule has 0 spiro atoms. The molecule has 174 valence electrons. The molecule has 0 amide bonds. The normalized spacial score (nSPS) is 9.60. The summed E-state index contributed by atoms with van der Waals surface area (Å²) in [6, 6.07) is 4.18. The van der Waals surface area contributed by atoms with E-state index < -0.39 is 0 Å². The summed E-state index contributed by atoms with van der Waals surface area (Å²) in [6.45, 7) is 6.22. The lowest BCUT2D eigenvalue weighted by molar-refractivity contribution is -0.697. The first-order valence-corrected chi connectivity index (χ1v) is 10.6. The second kappa shape index (κ2) is 20.4. The molecule has 0 fully saturated rings. The highest BCUT2D eigenvalue weighted by Crippen LogP contribution is 2.12. The number of hydrogen-bond donors (Lipinski definition) is 0. The van der Waals surface area contributed by atoms with Crippen LogP contribution in [0.1, 0.15) is 62.5 Å². The van der Waals surface area contributed by atoms with Gasteiger partial charge in [0.2, 0.25) is 0 Å². The summed E-state index contributed by atoms with van der Waals surface area (Å²) in [4.78, 5) is 0. The Morgan fingerprint density at radius 2 is 0.867 bits per heavy atom. The Kier molecular flexibility index (Phi) is 24.1. The van der Waals surface area contributed by atoms with Crippen LogP contribution in [-0.2, 0) is 13.1 Å². The topological polar surface area (TPSA) is 7.76 Å². The predicted molar refractivity (Wildman–Crippen MR) is 151 cm³/mol. The lowest BCUT2D eigenvalue weighted by Gasteiger charge is -2.02. The number of halogens is 6. The Labute approximate surface area is 234 Å². The molecule has 2 heterocycles. The number of unbranched alkanes of at least 4 members (excludes halogenated alkanes) is 7. The zero-order valence-corrected chi connectivity index (χ0v) is 26.2. The van der Waals surface area contributed by atoms with Gasteiger partial charge in [-0.2, -0.15) is 0 Å². The lowest BCUT2D eigenvalue weighted by atomic mass is 10.1. The third kappa shape index (κ3) is 14.1. The van der Waals surface area contributed by atoms with E-state index in [0.29, 0.717) is 0 Å². The minimum Gasteiger partial charge on any atom is -0.204 e. The van der Waals surface area contributed by atoms with Crippen molar-refractivity contribution in [2.75, 3.05) is 0 Å². The highest BCUT2D eigenvalue weighted by molar-refractivity contribution is 8.93. The molecular formula is C22H36Br4Cl2N2+2. The summed E-state index contributed by atoms with van der Waals surface area (Å²) >= 11 is 12.3. The van der Waals surface area contributed by atoms with E-state index in [-0.39, 0.29) is 67.9 Å².